The minimum absolute atomic E-state index is 0.0197. The van der Waals surface area contributed by atoms with Gasteiger partial charge in [-0.3, -0.25) is 0 Å². The molecule has 0 aliphatic carbocycles. The number of rotatable bonds is 3. The fourth-order valence-electron chi connectivity index (χ4n) is 2.05. The minimum atomic E-state index is -0.571. The topological polar surface area (TPSA) is 12.0 Å². The van der Waals surface area contributed by atoms with Crippen LogP contribution in [-0.2, 0) is 6.54 Å². The summed E-state index contributed by atoms with van der Waals surface area (Å²) in [4.78, 5) is 0. The molecule has 1 N–H and O–H groups in total. The molecule has 2 rings (SSSR count). The lowest BCUT2D eigenvalue weighted by Gasteiger charge is -2.14. The summed E-state index contributed by atoms with van der Waals surface area (Å²) in [6.07, 6.45) is 0. The molecule has 1 nitrogen and oxygen atoms in total. The highest BCUT2D eigenvalue weighted by molar-refractivity contribution is 9.10. The van der Waals surface area contributed by atoms with Gasteiger partial charge in [0.05, 0.1) is 10.2 Å². The van der Waals surface area contributed by atoms with Gasteiger partial charge in [-0.2, -0.15) is 0 Å². The summed E-state index contributed by atoms with van der Waals surface area (Å²) in [5.74, 6) is -1.13. The van der Waals surface area contributed by atoms with E-state index in [2.05, 4.69) is 37.2 Å². The molecule has 0 heterocycles. The Labute approximate surface area is 133 Å². The first kappa shape index (κ1) is 15.4. The summed E-state index contributed by atoms with van der Waals surface area (Å²) in [5.41, 5.74) is 3.01. The second-order valence-electron chi connectivity index (χ2n) is 4.61. The van der Waals surface area contributed by atoms with E-state index < -0.39 is 11.6 Å². The van der Waals surface area contributed by atoms with Crippen molar-refractivity contribution in [3.8, 4) is 0 Å². The second kappa shape index (κ2) is 6.22. The summed E-state index contributed by atoms with van der Waals surface area (Å²) < 4.78 is 28.7. The summed E-state index contributed by atoms with van der Waals surface area (Å²) in [7, 11) is 0. The third-order valence-electron chi connectivity index (χ3n) is 3.01. The maximum atomic E-state index is 13.9. The Hall–Kier alpha value is -0.940. The Kier molecular flexibility index (Phi) is 4.81. The van der Waals surface area contributed by atoms with Crippen LogP contribution in [0.2, 0.25) is 0 Å². The first-order valence-electron chi connectivity index (χ1n) is 6.03. The van der Waals surface area contributed by atoms with Crippen molar-refractivity contribution < 1.29 is 8.78 Å². The zero-order valence-electron chi connectivity index (χ0n) is 11.0. The molecule has 0 atom stereocenters. The Bertz CT molecular complexity index is 634. The molecule has 20 heavy (non-hydrogen) atoms. The highest BCUT2D eigenvalue weighted by atomic mass is 79.9. The predicted octanol–water partition coefficient (Wildman–Crippen LogP) is 5.72. The first-order chi connectivity index (χ1) is 9.40. The average molecular weight is 405 g/mol. The lowest BCUT2D eigenvalue weighted by atomic mass is 10.1. The molecule has 0 fully saturated rings. The van der Waals surface area contributed by atoms with Crippen LogP contribution in [0.1, 0.15) is 16.7 Å². The van der Waals surface area contributed by atoms with Crippen LogP contribution in [0.3, 0.4) is 0 Å². The van der Waals surface area contributed by atoms with Crippen LogP contribution in [0.5, 0.6) is 0 Å². The van der Waals surface area contributed by atoms with Crippen molar-refractivity contribution >= 4 is 37.5 Å². The Morgan fingerprint density at radius 2 is 1.75 bits per heavy atom. The highest BCUT2D eigenvalue weighted by Crippen LogP contribution is 2.29. The average Bonchev–Trinajstić information content (AvgIpc) is 2.36. The number of aryl methyl sites for hydroxylation is 2. The van der Waals surface area contributed by atoms with Gasteiger partial charge in [0.15, 0.2) is 0 Å². The van der Waals surface area contributed by atoms with E-state index in [-0.39, 0.29) is 16.6 Å². The van der Waals surface area contributed by atoms with Gasteiger partial charge in [-0.25, -0.2) is 8.78 Å². The van der Waals surface area contributed by atoms with Gasteiger partial charge in [0.2, 0.25) is 0 Å². The predicted molar refractivity (Wildman–Crippen MR) is 85.0 cm³/mol. The molecule has 0 aromatic heterocycles. The summed E-state index contributed by atoms with van der Waals surface area (Å²) in [6, 6.07) is 6.59. The zero-order chi connectivity index (χ0) is 14.9. The molecule has 5 heteroatoms. The molecule has 106 valence electrons. The van der Waals surface area contributed by atoms with E-state index in [9.17, 15) is 8.78 Å². The molecular weight excluding hydrogens is 392 g/mol. The van der Waals surface area contributed by atoms with Gasteiger partial charge in [-0.15, -0.1) is 0 Å². The monoisotopic (exact) mass is 403 g/mol. The van der Waals surface area contributed by atoms with Crippen molar-refractivity contribution in [2.75, 3.05) is 5.32 Å². The van der Waals surface area contributed by atoms with Crippen LogP contribution in [0.25, 0.3) is 0 Å². The van der Waals surface area contributed by atoms with Crippen molar-refractivity contribution in [3.05, 3.63) is 61.5 Å². The molecule has 0 amide bonds. The summed E-state index contributed by atoms with van der Waals surface area (Å²) >= 11 is 6.53. The number of hydrogen-bond acceptors (Lipinski definition) is 1. The van der Waals surface area contributed by atoms with E-state index in [4.69, 9.17) is 0 Å². The summed E-state index contributed by atoms with van der Waals surface area (Å²) in [6.45, 7) is 4.03. The molecule has 0 bridgehead atoms. The maximum Gasteiger partial charge on any atom is 0.145 e. The molecule has 0 aliphatic heterocycles. The van der Waals surface area contributed by atoms with Crippen LogP contribution in [-0.4, -0.2) is 0 Å². The minimum Gasteiger partial charge on any atom is -0.380 e. The number of anilines is 1. The molecule has 0 saturated carbocycles. The van der Waals surface area contributed by atoms with E-state index in [1.54, 1.807) is 0 Å². The molecule has 0 spiro atoms. The number of hydrogen-bond donors (Lipinski definition) is 1. The van der Waals surface area contributed by atoms with E-state index in [0.717, 1.165) is 21.3 Å². The summed E-state index contributed by atoms with van der Waals surface area (Å²) in [5, 5.41) is 3.09. The van der Waals surface area contributed by atoms with Crippen molar-refractivity contribution in [1.29, 1.82) is 0 Å². The standard InChI is InChI=1S/C15H13Br2F2N/c1-8-5-9(2)15(12(17)6-8)20-7-10-13(18)4-3-11(16)14(10)19/h3-6,20H,7H2,1-2H3. The van der Waals surface area contributed by atoms with Gasteiger partial charge in [-0.05, 0) is 75.0 Å². The van der Waals surface area contributed by atoms with Crippen LogP contribution < -0.4 is 5.32 Å². The largest absolute Gasteiger partial charge is 0.380 e. The fraction of sp³-hybridized carbons (Fsp3) is 0.200. The first-order valence-corrected chi connectivity index (χ1v) is 7.61. The second-order valence-corrected chi connectivity index (χ2v) is 6.32. The molecule has 0 radical (unpaired) electrons. The molecule has 2 aromatic rings. The molecule has 2 aromatic carbocycles. The maximum absolute atomic E-state index is 13.9. The van der Waals surface area contributed by atoms with E-state index in [1.807, 2.05) is 26.0 Å². The SMILES string of the molecule is Cc1cc(C)c(NCc2c(F)ccc(Br)c2F)c(Br)c1. The van der Waals surface area contributed by atoms with Gasteiger partial charge in [-0.1, -0.05) is 6.07 Å². The van der Waals surface area contributed by atoms with Gasteiger partial charge in [0, 0.05) is 16.6 Å². The number of nitrogens with one attached hydrogen (secondary N) is 1. The lowest BCUT2D eigenvalue weighted by molar-refractivity contribution is 0.555. The van der Waals surface area contributed by atoms with Crippen LogP contribution in [0.4, 0.5) is 14.5 Å². The smallest absolute Gasteiger partial charge is 0.145 e. The van der Waals surface area contributed by atoms with Gasteiger partial charge in [0.1, 0.15) is 11.6 Å². The number of benzene rings is 2. The van der Waals surface area contributed by atoms with Crippen molar-refractivity contribution in [3.63, 3.8) is 0 Å². The number of halogens is 4. The van der Waals surface area contributed by atoms with Crippen molar-refractivity contribution in [2.45, 2.75) is 20.4 Å². The van der Waals surface area contributed by atoms with Crippen LogP contribution in [0.15, 0.2) is 33.2 Å². The molecular formula is C15H13Br2F2N. The van der Waals surface area contributed by atoms with E-state index in [0.29, 0.717) is 0 Å². The third-order valence-corrected chi connectivity index (χ3v) is 4.25. The van der Waals surface area contributed by atoms with E-state index >= 15 is 0 Å². The van der Waals surface area contributed by atoms with Crippen LogP contribution >= 0.6 is 31.9 Å². The Morgan fingerprint density at radius 1 is 1.05 bits per heavy atom. The van der Waals surface area contributed by atoms with Crippen LogP contribution in [0, 0.1) is 25.5 Å². The fourth-order valence-corrected chi connectivity index (χ4v) is 3.23. The zero-order valence-corrected chi connectivity index (χ0v) is 14.2. The molecule has 0 unspecified atom stereocenters. The molecule has 0 saturated heterocycles. The normalized spacial score (nSPS) is 10.7. The van der Waals surface area contributed by atoms with Crippen molar-refractivity contribution in [1.82, 2.24) is 0 Å². The third kappa shape index (κ3) is 3.20. The molecule has 0 aliphatic rings. The van der Waals surface area contributed by atoms with E-state index in [1.165, 1.54) is 12.1 Å². The van der Waals surface area contributed by atoms with Gasteiger partial charge >= 0.3 is 0 Å². The lowest BCUT2D eigenvalue weighted by Crippen LogP contribution is -2.07. The highest BCUT2D eigenvalue weighted by Gasteiger charge is 2.13. The Balaban J connectivity index is 2.28. The van der Waals surface area contributed by atoms with Crippen molar-refractivity contribution in [2.24, 2.45) is 0 Å². The Morgan fingerprint density at radius 3 is 2.40 bits per heavy atom. The van der Waals surface area contributed by atoms with Gasteiger partial charge in [0.25, 0.3) is 0 Å². The van der Waals surface area contributed by atoms with Gasteiger partial charge < -0.3 is 5.32 Å². The quantitative estimate of drug-likeness (QED) is 0.645.